The Kier molecular flexibility index (Phi) is 3.61. The second-order valence-corrected chi connectivity index (χ2v) is 5.13. The maximum atomic E-state index is 12.3. The fourth-order valence-corrected chi connectivity index (χ4v) is 2.30. The van der Waals surface area contributed by atoms with Crippen molar-refractivity contribution >= 4 is 33.2 Å². The molecular formula is C13H15BrN4O. The summed E-state index contributed by atoms with van der Waals surface area (Å²) in [4.78, 5) is 12.3. The molecule has 2 rings (SSSR count). The molecule has 0 bridgehead atoms. The minimum Gasteiger partial charge on any atom is -0.398 e. The molecule has 0 aliphatic carbocycles. The fraction of sp³-hybridized carbons (Fsp3) is 0.231. The predicted molar refractivity (Wildman–Crippen MR) is 79.2 cm³/mol. The zero-order valence-electron chi connectivity index (χ0n) is 11.0. The highest BCUT2D eigenvalue weighted by atomic mass is 79.9. The Balaban J connectivity index is 2.34. The molecule has 0 atom stereocenters. The number of benzene rings is 1. The zero-order chi connectivity index (χ0) is 14.2. The Labute approximate surface area is 119 Å². The quantitative estimate of drug-likeness (QED) is 0.835. The molecule has 0 aliphatic rings. The van der Waals surface area contributed by atoms with Gasteiger partial charge in [-0.05, 0) is 41.9 Å². The zero-order valence-corrected chi connectivity index (χ0v) is 12.6. The topological polar surface area (TPSA) is 72.9 Å². The van der Waals surface area contributed by atoms with Crippen LogP contribution in [0.3, 0.4) is 0 Å². The van der Waals surface area contributed by atoms with Crippen molar-refractivity contribution in [3.8, 4) is 0 Å². The maximum Gasteiger partial charge on any atom is 0.256 e. The first-order valence-corrected chi connectivity index (χ1v) is 6.56. The number of rotatable bonds is 2. The lowest BCUT2D eigenvalue weighted by Gasteiger charge is -2.08. The van der Waals surface area contributed by atoms with E-state index in [4.69, 9.17) is 5.73 Å². The van der Waals surface area contributed by atoms with Gasteiger partial charge in [-0.15, -0.1) is 0 Å². The molecule has 0 radical (unpaired) electrons. The molecule has 1 amide bonds. The first kappa shape index (κ1) is 13.6. The highest BCUT2D eigenvalue weighted by molar-refractivity contribution is 9.10. The van der Waals surface area contributed by atoms with Gasteiger partial charge in [-0.3, -0.25) is 9.48 Å². The van der Waals surface area contributed by atoms with E-state index < -0.39 is 0 Å². The number of aromatic nitrogens is 2. The van der Waals surface area contributed by atoms with Gasteiger partial charge in [0.1, 0.15) is 0 Å². The van der Waals surface area contributed by atoms with Crippen LogP contribution in [0.25, 0.3) is 0 Å². The largest absolute Gasteiger partial charge is 0.398 e. The van der Waals surface area contributed by atoms with Crippen LogP contribution in [0.2, 0.25) is 0 Å². The molecular weight excluding hydrogens is 308 g/mol. The fourth-order valence-electron chi connectivity index (χ4n) is 1.86. The van der Waals surface area contributed by atoms with Gasteiger partial charge >= 0.3 is 0 Å². The summed E-state index contributed by atoms with van der Waals surface area (Å²) in [6, 6.07) is 5.20. The molecule has 1 aromatic heterocycles. The van der Waals surface area contributed by atoms with Gasteiger partial charge in [-0.25, -0.2) is 0 Å². The Morgan fingerprint density at radius 2 is 2.11 bits per heavy atom. The number of hydrogen-bond acceptors (Lipinski definition) is 3. The summed E-state index contributed by atoms with van der Waals surface area (Å²) in [7, 11) is 1.84. The van der Waals surface area contributed by atoms with Crippen molar-refractivity contribution in [1.29, 1.82) is 0 Å². The third kappa shape index (κ3) is 2.49. The van der Waals surface area contributed by atoms with Gasteiger partial charge in [-0.2, -0.15) is 5.10 Å². The summed E-state index contributed by atoms with van der Waals surface area (Å²) >= 11 is 3.33. The van der Waals surface area contributed by atoms with E-state index in [1.165, 1.54) is 0 Å². The normalized spacial score (nSPS) is 10.5. The van der Waals surface area contributed by atoms with Crippen LogP contribution in [-0.2, 0) is 7.05 Å². The summed E-state index contributed by atoms with van der Waals surface area (Å²) in [5.74, 6) is -0.210. The van der Waals surface area contributed by atoms with Crippen LogP contribution in [-0.4, -0.2) is 15.7 Å². The second kappa shape index (κ2) is 5.05. The number of nitrogens with one attached hydrogen (secondary N) is 1. The van der Waals surface area contributed by atoms with Crippen molar-refractivity contribution in [2.75, 3.05) is 11.1 Å². The first-order chi connectivity index (χ1) is 8.91. The van der Waals surface area contributed by atoms with E-state index in [1.54, 1.807) is 22.9 Å². The smallest absolute Gasteiger partial charge is 0.256 e. The molecule has 2 aromatic rings. The lowest BCUT2D eigenvalue weighted by Crippen LogP contribution is -2.14. The number of nitrogens with zero attached hydrogens (tertiary/aromatic N) is 2. The summed E-state index contributed by atoms with van der Waals surface area (Å²) in [6.07, 6.45) is 0. The van der Waals surface area contributed by atoms with Crippen LogP contribution in [0.4, 0.5) is 11.4 Å². The molecule has 0 unspecified atom stereocenters. The van der Waals surface area contributed by atoms with E-state index in [9.17, 15) is 4.79 Å². The van der Waals surface area contributed by atoms with Gasteiger partial charge in [0.05, 0.1) is 27.1 Å². The van der Waals surface area contributed by atoms with Crippen LogP contribution >= 0.6 is 15.9 Å². The molecule has 100 valence electrons. The van der Waals surface area contributed by atoms with E-state index in [2.05, 4.69) is 26.3 Å². The number of nitrogen functional groups attached to an aromatic ring is 1. The van der Waals surface area contributed by atoms with E-state index >= 15 is 0 Å². The SMILES string of the molecule is Cc1nn(C)c(C)c1NC(=O)c1cccc(N)c1Br. The maximum absolute atomic E-state index is 12.3. The summed E-state index contributed by atoms with van der Waals surface area (Å²) in [5.41, 5.74) is 9.24. The molecule has 6 heteroatoms. The van der Waals surface area contributed by atoms with Gasteiger partial charge in [0.2, 0.25) is 0 Å². The molecule has 0 saturated carbocycles. The van der Waals surface area contributed by atoms with Gasteiger partial charge in [-0.1, -0.05) is 6.07 Å². The third-order valence-corrected chi connectivity index (χ3v) is 3.91. The molecule has 19 heavy (non-hydrogen) atoms. The van der Waals surface area contributed by atoms with E-state index in [1.807, 2.05) is 20.9 Å². The van der Waals surface area contributed by atoms with Crippen molar-refractivity contribution in [3.63, 3.8) is 0 Å². The minimum atomic E-state index is -0.210. The molecule has 0 fully saturated rings. The van der Waals surface area contributed by atoms with Crippen LogP contribution in [0.5, 0.6) is 0 Å². The van der Waals surface area contributed by atoms with Crippen molar-refractivity contribution in [3.05, 3.63) is 39.6 Å². The van der Waals surface area contributed by atoms with Crippen molar-refractivity contribution in [1.82, 2.24) is 9.78 Å². The first-order valence-electron chi connectivity index (χ1n) is 5.77. The van der Waals surface area contributed by atoms with Crippen LogP contribution < -0.4 is 11.1 Å². The van der Waals surface area contributed by atoms with E-state index in [-0.39, 0.29) is 5.91 Å². The van der Waals surface area contributed by atoms with Crippen LogP contribution in [0, 0.1) is 13.8 Å². The molecule has 0 spiro atoms. The number of nitrogens with two attached hydrogens (primary N) is 1. The number of anilines is 2. The molecule has 5 nitrogen and oxygen atoms in total. The van der Waals surface area contributed by atoms with E-state index in [0.29, 0.717) is 15.7 Å². The molecule has 0 aliphatic heterocycles. The average Bonchev–Trinajstić information content (AvgIpc) is 2.59. The van der Waals surface area contributed by atoms with Crippen LogP contribution in [0.1, 0.15) is 21.7 Å². The lowest BCUT2D eigenvalue weighted by atomic mass is 10.2. The number of amides is 1. The lowest BCUT2D eigenvalue weighted by molar-refractivity contribution is 0.102. The monoisotopic (exact) mass is 322 g/mol. The number of aryl methyl sites for hydroxylation is 2. The number of carbonyl (C=O) groups excluding carboxylic acids is 1. The average molecular weight is 323 g/mol. The summed E-state index contributed by atoms with van der Waals surface area (Å²) in [6.45, 7) is 3.76. The molecule has 3 N–H and O–H groups in total. The summed E-state index contributed by atoms with van der Waals surface area (Å²) in [5, 5.41) is 7.14. The summed E-state index contributed by atoms with van der Waals surface area (Å²) < 4.78 is 2.34. The molecule has 1 aromatic carbocycles. The standard InChI is InChI=1S/C13H15BrN4O/c1-7-12(8(2)18(3)17-7)16-13(19)9-5-4-6-10(15)11(9)14/h4-6H,15H2,1-3H3,(H,16,19). The number of carbonyl (C=O) groups is 1. The highest BCUT2D eigenvalue weighted by Crippen LogP contribution is 2.26. The Morgan fingerprint density at radius 1 is 1.42 bits per heavy atom. The van der Waals surface area contributed by atoms with Gasteiger partial charge < -0.3 is 11.1 Å². The van der Waals surface area contributed by atoms with Gasteiger partial charge in [0, 0.05) is 12.7 Å². The minimum absolute atomic E-state index is 0.210. The predicted octanol–water partition coefficient (Wildman–Crippen LogP) is 2.63. The Hall–Kier alpha value is -1.82. The van der Waals surface area contributed by atoms with Crippen LogP contribution in [0.15, 0.2) is 22.7 Å². The molecule has 1 heterocycles. The van der Waals surface area contributed by atoms with E-state index in [0.717, 1.165) is 17.1 Å². The molecule has 0 saturated heterocycles. The van der Waals surface area contributed by atoms with Crippen molar-refractivity contribution < 1.29 is 4.79 Å². The second-order valence-electron chi connectivity index (χ2n) is 4.33. The van der Waals surface area contributed by atoms with Gasteiger partial charge in [0.15, 0.2) is 0 Å². The Morgan fingerprint density at radius 3 is 2.68 bits per heavy atom. The number of halogens is 1. The van der Waals surface area contributed by atoms with Crippen molar-refractivity contribution in [2.45, 2.75) is 13.8 Å². The van der Waals surface area contributed by atoms with Gasteiger partial charge in [0.25, 0.3) is 5.91 Å². The van der Waals surface area contributed by atoms with Crippen molar-refractivity contribution in [2.24, 2.45) is 7.05 Å². The third-order valence-electron chi connectivity index (χ3n) is 3.02. The number of hydrogen-bond donors (Lipinski definition) is 2. The highest BCUT2D eigenvalue weighted by Gasteiger charge is 2.16. The Bertz CT molecular complexity index is 648.